The molecule has 1 unspecified atom stereocenters. The zero-order valence-electron chi connectivity index (χ0n) is 19.9. The van der Waals surface area contributed by atoms with Crippen molar-refractivity contribution >= 4 is 27.7 Å². The van der Waals surface area contributed by atoms with Crippen LogP contribution < -0.4 is 10.0 Å². The number of sulfonamides is 1. The lowest BCUT2D eigenvalue weighted by Crippen LogP contribution is -2.57. The van der Waals surface area contributed by atoms with E-state index in [1.165, 1.54) is 0 Å². The molecule has 0 bridgehead atoms. The Kier molecular flexibility index (Phi) is 6.39. The molecule has 0 aromatic carbocycles. The Hall–Kier alpha value is -1.90. The van der Waals surface area contributed by atoms with Gasteiger partial charge >= 0.3 is 0 Å². The molecule has 9 heteroatoms. The maximum absolute atomic E-state index is 13.3. The number of hydrogen-bond donors (Lipinski definition) is 2. The van der Waals surface area contributed by atoms with Crippen LogP contribution in [0.15, 0.2) is 12.2 Å². The fourth-order valence-electron chi connectivity index (χ4n) is 5.35. The van der Waals surface area contributed by atoms with Gasteiger partial charge in [-0.15, -0.1) is 0 Å². The van der Waals surface area contributed by atoms with Crippen molar-refractivity contribution in [1.29, 1.82) is 0 Å². The Balaban J connectivity index is 1.57. The average Bonchev–Trinajstić information content (AvgIpc) is 3.57. The molecule has 184 valence electrons. The largest absolute Gasteiger partial charge is 0.339 e. The fourth-order valence-corrected chi connectivity index (χ4v) is 6.66. The highest BCUT2D eigenvalue weighted by Gasteiger charge is 2.62. The van der Waals surface area contributed by atoms with E-state index in [1.54, 1.807) is 11.8 Å². The summed E-state index contributed by atoms with van der Waals surface area (Å²) in [4.78, 5) is 41.1. The summed E-state index contributed by atoms with van der Waals surface area (Å²) < 4.78 is 26.7. The molecule has 2 aliphatic carbocycles. The molecule has 0 spiro atoms. The maximum Gasteiger partial charge on any atom is 0.259 e. The van der Waals surface area contributed by atoms with Gasteiger partial charge in [-0.3, -0.25) is 19.1 Å². The summed E-state index contributed by atoms with van der Waals surface area (Å²) in [6.45, 7) is 6.44. The molecule has 4 rings (SSSR count). The first-order valence-electron chi connectivity index (χ1n) is 12.3. The molecule has 8 nitrogen and oxygen atoms in total. The number of allylic oxidation sites excluding steroid dienone is 1. The van der Waals surface area contributed by atoms with Gasteiger partial charge in [0.05, 0.1) is 4.75 Å². The van der Waals surface area contributed by atoms with Crippen LogP contribution in [-0.4, -0.2) is 53.9 Å². The van der Waals surface area contributed by atoms with Crippen LogP contribution in [0, 0.1) is 17.8 Å². The smallest absolute Gasteiger partial charge is 0.259 e. The number of nitrogens with zero attached hydrogens (tertiary/aromatic N) is 1. The highest BCUT2D eigenvalue weighted by Crippen LogP contribution is 2.47. The molecule has 2 saturated carbocycles. The van der Waals surface area contributed by atoms with Crippen molar-refractivity contribution < 1.29 is 22.8 Å². The molecule has 2 heterocycles. The summed E-state index contributed by atoms with van der Waals surface area (Å²) in [5.41, 5.74) is -1.28. The molecular weight excluding hydrogens is 442 g/mol. The number of rotatable bonds is 3. The van der Waals surface area contributed by atoms with Gasteiger partial charge in [0, 0.05) is 18.9 Å². The number of amides is 3. The van der Waals surface area contributed by atoms with E-state index in [1.807, 2.05) is 12.2 Å². The Labute approximate surface area is 197 Å². The minimum atomic E-state index is -3.81. The lowest BCUT2D eigenvalue weighted by Gasteiger charge is -2.28. The van der Waals surface area contributed by atoms with Crippen LogP contribution in [0.1, 0.15) is 78.6 Å². The molecule has 1 saturated heterocycles. The van der Waals surface area contributed by atoms with Crippen LogP contribution in [-0.2, 0) is 24.4 Å². The van der Waals surface area contributed by atoms with Gasteiger partial charge in [0.1, 0.15) is 11.6 Å². The van der Waals surface area contributed by atoms with Crippen molar-refractivity contribution in [3.05, 3.63) is 12.2 Å². The van der Waals surface area contributed by atoms with Gasteiger partial charge in [-0.25, -0.2) is 8.42 Å². The Morgan fingerprint density at radius 2 is 1.91 bits per heavy atom. The van der Waals surface area contributed by atoms with Gasteiger partial charge in [-0.2, -0.15) is 0 Å². The second-order valence-electron chi connectivity index (χ2n) is 11.1. The molecule has 2 aliphatic heterocycles. The molecular formula is C24H37N3O5S. The van der Waals surface area contributed by atoms with Crippen molar-refractivity contribution in [3.63, 3.8) is 0 Å². The summed E-state index contributed by atoms with van der Waals surface area (Å²) in [5.74, 6) is -0.596. The summed E-state index contributed by atoms with van der Waals surface area (Å²) >= 11 is 0. The van der Waals surface area contributed by atoms with Gasteiger partial charge in [-0.05, 0) is 70.1 Å². The molecule has 33 heavy (non-hydrogen) atoms. The number of carbonyl (C=O) groups excluding carboxylic acids is 3. The van der Waals surface area contributed by atoms with Crippen LogP contribution in [0.4, 0.5) is 0 Å². The Morgan fingerprint density at radius 3 is 2.61 bits per heavy atom. The molecule has 0 radical (unpaired) electrons. The van der Waals surface area contributed by atoms with E-state index >= 15 is 0 Å². The summed E-state index contributed by atoms with van der Waals surface area (Å²) in [7, 11) is -3.81. The lowest BCUT2D eigenvalue weighted by molar-refractivity contribution is -0.140. The van der Waals surface area contributed by atoms with Gasteiger partial charge < -0.3 is 10.2 Å². The first kappa shape index (κ1) is 24.2. The van der Waals surface area contributed by atoms with Crippen LogP contribution in [0.25, 0.3) is 0 Å². The van der Waals surface area contributed by atoms with Crippen LogP contribution in [0.5, 0.6) is 0 Å². The van der Waals surface area contributed by atoms with E-state index in [-0.39, 0.29) is 23.7 Å². The molecule has 0 aromatic heterocycles. The van der Waals surface area contributed by atoms with Crippen molar-refractivity contribution in [2.45, 2.75) is 94.9 Å². The zero-order valence-corrected chi connectivity index (χ0v) is 20.7. The van der Waals surface area contributed by atoms with Crippen LogP contribution in [0.3, 0.4) is 0 Å². The quantitative estimate of drug-likeness (QED) is 0.603. The summed E-state index contributed by atoms with van der Waals surface area (Å²) in [6.07, 6.45) is 9.87. The van der Waals surface area contributed by atoms with E-state index in [9.17, 15) is 22.8 Å². The summed E-state index contributed by atoms with van der Waals surface area (Å²) in [6, 6.07) is -0.611. The van der Waals surface area contributed by atoms with Crippen molar-refractivity contribution in [2.75, 3.05) is 6.54 Å². The van der Waals surface area contributed by atoms with E-state index in [4.69, 9.17) is 0 Å². The van der Waals surface area contributed by atoms with Crippen LogP contribution >= 0.6 is 0 Å². The minimum Gasteiger partial charge on any atom is -0.339 e. The lowest BCUT2D eigenvalue weighted by atomic mass is 9.91. The molecule has 4 aliphatic rings. The zero-order chi connectivity index (χ0) is 24.0. The third kappa shape index (κ3) is 4.84. The van der Waals surface area contributed by atoms with E-state index < -0.39 is 32.3 Å². The van der Waals surface area contributed by atoms with Gasteiger partial charge in [0.25, 0.3) is 5.91 Å². The molecule has 2 N–H and O–H groups in total. The molecule has 3 fully saturated rings. The minimum absolute atomic E-state index is 0.0181. The second-order valence-corrected chi connectivity index (χ2v) is 13.3. The Bertz CT molecular complexity index is 957. The fraction of sp³-hybridized carbons (Fsp3) is 0.792. The number of nitrogens with one attached hydrogen (secondary N) is 2. The third-order valence-corrected chi connectivity index (χ3v) is 10.2. The first-order chi connectivity index (χ1) is 15.5. The monoisotopic (exact) mass is 479 g/mol. The predicted molar refractivity (Wildman–Crippen MR) is 124 cm³/mol. The number of carbonyl (C=O) groups is 3. The van der Waals surface area contributed by atoms with Gasteiger partial charge in [0.15, 0.2) is 0 Å². The first-order valence-corrected chi connectivity index (χ1v) is 13.8. The van der Waals surface area contributed by atoms with Crippen molar-refractivity contribution in [3.8, 4) is 0 Å². The highest BCUT2D eigenvalue weighted by atomic mass is 32.2. The van der Waals surface area contributed by atoms with Crippen molar-refractivity contribution in [2.24, 2.45) is 17.8 Å². The maximum atomic E-state index is 13.3. The van der Waals surface area contributed by atoms with Gasteiger partial charge in [0.2, 0.25) is 21.8 Å². The number of hydrogen-bond acceptors (Lipinski definition) is 5. The average molecular weight is 480 g/mol. The van der Waals surface area contributed by atoms with E-state index in [0.717, 1.165) is 25.7 Å². The molecule has 5 atom stereocenters. The standard InChI is InChI=1S/C24H37N3O5S/c1-16-7-4-5-8-18-15-24(18,22(30)26-33(31,32)23(3)10-11-23)25-21(29)19-9-6-12-27(19)20(28)14-17(2)13-16/h5,8,16-19H,4,6-7,9-15H2,1-3H3,(H,25,29)(H,26,30)/b8-5-/t16?,17-,18-,19+,24-/m1/s1. The SMILES string of the molecule is CC1CC/C=C\[C@@H]2C[C@@]2(C(=O)NS(=O)(=O)C2(C)CC2)NC(=O)[C@@H]2CCCN2C(=O)C[C@H](C)C1. The van der Waals surface area contributed by atoms with E-state index in [2.05, 4.69) is 23.9 Å². The highest BCUT2D eigenvalue weighted by molar-refractivity contribution is 7.91. The third-order valence-electron chi connectivity index (χ3n) is 7.99. The summed E-state index contributed by atoms with van der Waals surface area (Å²) in [5, 5.41) is 2.88. The van der Waals surface area contributed by atoms with E-state index in [0.29, 0.717) is 44.6 Å². The van der Waals surface area contributed by atoms with Crippen LogP contribution in [0.2, 0.25) is 0 Å². The molecule has 0 aromatic rings. The predicted octanol–water partition coefficient (Wildman–Crippen LogP) is 2.25. The van der Waals surface area contributed by atoms with Gasteiger partial charge in [-0.1, -0.05) is 26.0 Å². The Morgan fingerprint density at radius 1 is 1.18 bits per heavy atom. The second kappa shape index (κ2) is 8.71. The normalized spacial score (nSPS) is 37.6. The number of fused-ring (bicyclic) bond motifs is 2. The topological polar surface area (TPSA) is 113 Å². The molecule has 3 amide bonds. The van der Waals surface area contributed by atoms with Crippen molar-refractivity contribution in [1.82, 2.24) is 14.9 Å².